The van der Waals surface area contributed by atoms with Gasteiger partial charge in [0.15, 0.2) is 0 Å². The number of aliphatic hydroxyl groups excluding tert-OH is 1. The molecule has 2 heterocycles. The van der Waals surface area contributed by atoms with E-state index in [0.717, 1.165) is 11.5 Å². The minimum atomic E-state index is -0.533. The third-order valence-corrected chi connectivity index (χ3v) is 2.95. The maximum Gasteiger partial charge on any atom is 0.106 e. The van der Waals surface area contributed by atoms with Crippen molar-refractivity contribution >= 4 is 0 Å². The second kappa shape index (κ2) is 3.79. The highest BCUT2D eigenvalue weighted by molar-refractivity contribution is 5.10. The van der Waals surface area contributed by atoms with Crippen molar-refractivity contribution in [2.45, 2.75) is 31.4 Å². The second-order valence-corrected chi connectivity index (χ2v) is 4.26. The molecule has 1 fully saturated rings. The van der Waals surface area contributed by atoms with Crippen LogP contribution in [0.3, 0.4) is 0 Å². The minimum absolute atomic E-state index is 0.505. The number of aliphatic hydroxyl groups is 1. The first-order chi connectivity index (χ1) is 7.84. The Balaban J connectivity index is 1.78. The molecule has 0 aliphatic heterocycles. The Morgan fingerprint density at radius 2 is 2.44 bits per heavy atom. The summed E-state index contributed by atoms with van der Waals surface area (Å²) in [7, 11) is 0. The topological polar surface area (TPSA) is 51.2 Å². The molecule has 1 N–H and O–H groups in total. The van der Waals surface area contributed by atoms with E-state index in [4.69, 9.17) is 4.42 Å². The minimum Gasteiger partial charge on any atom is -0.469 e. The van der Waals surface area contributed by atoms with E-state index in [1.54, 1.807) is 18.8 Å². The van der Waals surface area contributed by atoms with E-state index < -0.39 is 6.10 Å². The first-order valence-corrected chi connectivity index (χ1v) is 5.57. The number of hydrogen-bond acceptors (Lipinski definition) is 3. The van der Waals surface area contributed by atoms with Crippen molar-refractivity contribution < 1.29 is 9.52 Å². The van der Waals surface area contributed by atoms with Gasteiger partial charge in [-0.05, 0) is 25.0 Å². The summed E-state index contributed by atoms with van der Waals surface area (Å²) in [5, 5.41) is 10.1. The Labute approximate surface area is 93.5 Å². The zero-order valence-electron chi connectivity index (χ0n) is 8.91. The van der Waals surface area contributed by atoms with Gasteiger partial charge in [-0.1, -0.05) is 0 Å². The molecule has 0 amide bonds. The van der Waals surface area contributed by atoms with Crippen molar-refractivity contribution in [2.24, 2.45) is 0 Å². The van der Waals surface area contributed by atoms with Crippen LogP contribution in [0.2, 0.25) is 0 Å². The largest absolute Gasteiger partial charge is 0.469 e. The van der Waals surface area contributed by atoms with Crippen LogP contribution in [0.5, 0.6) is 0 Å². The van der Waals surface area contributed by atoms with Gasteiger partial charge < -0.3 is 14.1 Å². The van der Waals surface area contributed by atoms with Crippen molar-refractivity contribution in [1.82, 2.24) is 9.55 Å². The highest BCUT2D eigenvalue weighted by atomic mass is 16.3. The number of imidazole rings is 1. The van der Waals surface area contributed by atoms with Crippen LogP contribution in [-0.2, 0) is 6.42 Å². The standard InChI is InChI=1S/C12H14N2O2/c15-12(6-10-2-1-5-16-10)11-7-13-8-14(11)9-3-4-9/h1-2,5,7-9,12,15H,3-4,6H2. The number of furan rings is 1. The van der Waals surface area contributed by atoms with Gasteiger partial charge >= 0.3 is 0 Å². The van der Waals surface area contributed by atoms with Gasteiger partial charge in [0.05, 0.1) is 24.5 Å². The average Bonchev–Trinajstić information content (AvgIpc) is 2.82. The third kappa shape index (κ3) is 1.76. The van der Waals surface area contributed by atoms with Crippen LogP contribution >= 0.6 is 0 Å². The van der Waals surface area contributed by atoms with E-state index in [1.807, 2.05) is 12.1 Å². The van der Waals surface area contributed by atoms with Crippen LogP contribution in [0.25, 0.3) is 0 Å². The first-order valence-electron chi connectivity index (χ1n) is 5.57. The number of aromatic nitrogens is 2. The van der Waals surface area contributed by atoms with Crippen LogP contribution in [-0.4, -0.2) is 14.7 Å². The van der Waals surface area contributed by atoms with Crippen molar-refractivity contribution in [3.8, 4) is 0 Å². The lowest BCUT2D eigenvalue weighted by Crippen LogP contribution is -2.07. The molecular weight excluding hydrogens is 204 g/mol. The summed E-state index contributed by atoms with van der Waals surface area (Å²) >= 11 is 0. The van der Waals surface area contributed by atoms with Crippen LogP contribution in [0.15, 0.2) is 35.3 Å². The fourth-order valence-electron chi connectivity index (χ4n) is 1.95. The summed E-state index contributed by atoms with van der Waals surface area (Å²) in [5.74, 6) is 0.802. The van der Waals surface area contributed by atoms with Gasteiger partial charge in [-0.15, -0.1) is 0 Å². The maximum atomic E-state index is 10.1. The van der Waals surface area contributed by atoms with E-state index in [-0.39, 0.29) is 0 Å². The number of hydrogen-bond donors (Lipinski definition) is 1. The van der Waals surface area contributed by atoms with Crippen molar-refractivity contribution in [2.75, 3.05) is 0 Å². The molecule has 4 nitrogen and oxygen atoms in total. The predicted octanol–water partition coefficient (Wildman–Crippen LogP) is 2.09. The fourth-order valence-corrected chi connectivity index (χ4v) is 1.95. The van der Waals surface area contributed by atoms with Gasteiger partial charge in [-0.3, -0.25) is 0 Å². The summed E-state index contributed by atoms with van der Waals surface area (Å²) in [6.45, 7) is 0. The van der Waals surface area contributed by atoms with E-state index >= 15 is 0 Å². The molecule has 0 saturated heterocycles. The molecule has 3 rings (SSSR count). The monoisotopic (exact) mass is 218 g/mol. The normalized spacial score (nSPS) is 17.6. The molecule has 1 aliphatic carbocycles. The number of rotatable bonds is 4. The molecule has 1 atom stereocenters. The average molecular weight is 218 g/mol. The van der Waals surface area contributed by atoms with Gasteiger partial charge in [0.1, 0.15) is 11.9 Å². The highest BCUT2D eigenvalue weighted by Crippen LogP contribution is 2.37. The molecule has 84 valence electrons. The fraction of sp³-hybridized carbons (Fsp3) is 0.417. The van der Waals surface area contributed by atoms with Gasteiger partial charge in [-0.25, -0.2) is 4.98 Å². The number of nitrogens with zero attached hydrogens (tertiary/aromatic N) is 2. The van der Waals surface area contributed by atoms with E-state index in [2.05, 4.69) is 9.55 Å². The molecule has 2 aromatic heterocycles. The van der Waals surface area contributed by atoms with E-state index in [1.165, 1.54) is 12.8 Å². The molecule has 1 aliphatic rings. The zero-order valence-corrected chi connectivity index (χ0v) is 8.91. The van der Waals surface area contributed by atoms with E-state index in [9.17, 15) is 5.11 Å². The maximum absolute atomic E-state index is 10.1. The molecule has 1 unspecified atom stereocenters. The SMILES string of the molecule is OC(Cc1ccco1)c1cncn1C1CC1. The van der Waals surface area contributed by atoms with Crippen molar-refractivity contribution in [3.05, 3.63) is 42.4 Å². The van der Waals surface area contributed by atoms with Crippen molar-refractivity contribution in [3.63, 3.8) is 0 Å². The van der Waals surface area contributed by atoms with Crippen LogP contribution in [0.4, 0.5) is 0 Å². The third-order valence-electron chi connectivity index (χ3n) is 2.95. The summed E-state index contributed by atoms with van der Waals surface area (Å²) in [6.07, 6.45) is 7.53. The molecular formula is C12H14N2O2. The van der Waals surface area contributed by atoms with Crippen LogP contribution in [0.1, 0.15) is 36.4 Å². The van der Waals surface area contributed by atoms with Gasteiger partial charge in [-0.2, -0.15) is 0 Å². The Morgan fingerprint density at radius 1 is 1.56 bits per heavy atom. The Bertz CT molecular complexity index is 457. The predicted molar refractivity (Wildman–Crippen MR) is 57.9 cm³/mol. The smallest absolute Gasteiger partial charge is 0.106 e. The Hall–Kier alpha value is -1.55. The molecule has 0 radical (unpaired) electrons. The zero-order chi connectivity index (χ0) is 11.0. The Kier molecular flexibility index (Phi) is 2.29. The lowest BCUT2D eigenvalue weighted by atomic mass is 10.1. The van der Waals surface area contributed by atoms with Crippen LogP contribution in [0, 0.1) is 0 Å². The van der Waals surface area contributed by atoms with Gasteiger partial charge in [0, 0.05) is 12.5 Å². The summed E-state index contributed by atoms with van der Waals surface area (Å²) in [4.78, 5) is 4.11. The second-order valence-electron chi connectivity index (χ2n) is 4.26. The van der Waals surface area contributed by atoms with Crippen molar-refractivity contribution in [1.29, 1.82) is 0 Å². The molecule has 0 bridgehead atoms. The Morgan fingerprint density at radius 3 is 3.12 bits per heavy atom. The molecule has 0 spiro atoms. The molecule has 2 aromatic rings. The molecule has 16 heavy (non-hydrogen) atoms. The van der Waals surface area contributed by atoms with Crippen LogP contribution < -0.4 is 0 Å². The summed E-state index contributed by atoms with van der Waals surface area (Å²) in [6, 6.07) is 4.25. The highest BCUT2D eigenvalue weighted by Gasteiger charge is 2.27. The summed E-state index contributed by atoms with van der Waals surface area (Å²) < 4.78 is 7.31. The van der Waals surface area contributed by atoms with E-state index in [0.29, 0.717) is 12.5 Å². The summed E-state index contributed by atoms with van der Waals surface area (Å²) in [5.41, 5.74) is 0.888. The lowest BCUT2D eigenvalue weighted by molar-refractivity contribution is 0.161. The first kappa shape index (κ1) is 9.66. The molecule has 0 aromatic carbocycles. The molecule has 4 heteroatoms. The van der Waals surface area contributed by atoms with Gasteiger partial charge in [0.2, 0.25) is 0 Å². The lowest BCUT2D eigenvalue weighted by Gasteiger charge is -2.11. The quantitative estimate of drug-likeness (QED) is 0.854. The van der Waals surface area contributed by atoms with Gasteiger partial charge in [0.25, 0.3) is 0 Å². The molecule has 1 saturated carbocycles.